The molecule has 0 atom stereocenters. The second-order valence-electron chi connectivity index (χ2n) is 4.80. The highest BCUT2D eigenvalue weighted by Crippen LogP contribution is 2.21. The first-order valence-electron chi connectivity index (χ1n) is 6.48. The van der Waals surface area contributed by atoms with Crippen molar-refractivity contribution in [1.29, 1.82) is 0 Å². The molecule has 5 heteroatoms. The van der Waals surface area contributed by atoms with Crippen LogP contribution in [-0.4, -0.2) is 14.8 Å². The Morgan fingerprint density at radius 3 is 2.67 bits per heavy atom. The Morgan fingerprint density at radius 1 is 1.05 bits per heavy atom. The number of H-pyrrole nitrogens is 1. The standard InChI is InChI=1S/C16H10FN3O/c17-10-6-7-12-14(8-10)18-9-13-15(12)19-20(16(13)21)11-4-2-1-3-5-11/h1-9,19H. The molecule has 4 nitrogen and oxygen atoms in total. The van der Waals surface area contributed by atoms with E-state index < -0.39 is 0 Å². The summed E-state index contributed by atoms with van der Waals surface area (Å²) in [6.45, 7) is 0. The van der Waals surface area contributed by atoms with Crippen molar-refractivity contribution < 1.29 is 4.39 Å². The number of para-hydroxylation sites is 1. The molecule has 4 rings (SSSR count). The summed E-state index contributed by atoms with van der Waals surface area (Å²) in [5.41, 5.74) is 1.75. The van der Waals surface area contributed by atoms with Gasteiger partial charge in [0.25, 0.3) is 5.56 Å². The van der Waals surface area contributed by atoms with Crippen molar-refractivity contribution in [1.82, 2.24) is 14.8 Å². The molecule has 0 aliphatic carbocycles. The topological polar surface area (TPSA) is 50.7 Å². The number of benzene rings is 2. The second-order valence-corrected chi connectivity index (χ2v) is 4.80. The molecule has 0 bridgehead atoms. The zero-order chi connectivity index (χ0) is 14.4. The third-order valence-corrected chi connectivity index (χ3v) is 3.50. The first-order chi connectivity index (χ1) is 10.2. The van der Waals surface area contributed by atoms with Crippen molar-refractivity contribution in [3.8, 4) is 5.69 Å². The van der Waals surface area contributed by atoms with Crippen LogP contribution in [0.4, 0.5) is 4.39 Å². The molecule has 0 aliphatic rings. The fourth-order valence-corrected chi connectivity index (χ4v) is 2.49. The highest BCUT2D eigenvalue weighted by Gasteiger charge is 2.11. The first kappa shape index (κ1) is 11.8. The monoisotopic (exact) mass is 279 g/mol. The molecular weight excluding hydrogens is 269 g/mol. The highest BCUT2D eigenvalue weighted by molar-refractivity contribution is 6.02. The number of halogens is 1. The predicted octanol–water partition coefficient (Wildman–Crippen LogP) is 3.01. The minimum absolute atomic E-state index is 0.171. The summed E-state index contributed by atoms with van der Waals surface area (Å²) >= 11 is 0. The maximum atomic E-state index is 13.3. The largest absolute Gasteiger partial charge is 0.290 e. The van der Waals surface area contributed by atoms with Gasteiger partial charge in [0.2, 0.25) is 0 Å². The molecule has 0 fully saturated rings. The van der Waals surface area contributed by atoms with Crippen LogP contribution in [0, 0.1) is 5.82 Å². The summed E-state index contributed by atoms with van der Waals surface area (Å²) in [7, 11) is 0. The van der Waals surface area contributed by atoms with Crippen molar-refractivity contribution in [2.24, 2.45) is 0 Å². The van der Waals surface area contributed by atoms with E-state index in [9.17, 15) is 9.18 Å². The van der Waals surface area contributed by atoms with Gasteiger partial charge in [-0.2, -0.15) is 0 Å². The minimum atomic E-state index is -0.348. The van der Waals surface area contributed by atoms with Gasteiger partial charge in [-0.3, -0.25) is 14.9 Å². The Morgan fingerprint density at radius 2 is 1.86 bits per heavy atom. The van der Waals surface area contributed by atoms with Crippen LogP contribution in [0.25, 0.3) is 27.5 Å². The van der Waals surface area contributed by atoms with Gasteiger partial charge in [-0.05, 0) is 24.3 Å². The number of nitrogens with zero attached hydrogens (tertiary/aromatic N) is 2. The lowest BCUT2D eigenvalue weighted by molar-refractivity contribution is 0.629. The molecule has 0 spiro atoms. The van der Waals surface area contributed by atoms with E-state index in [1.165, 1.54) is 23.0 Å². The Labute approximate surface area is 118 Å². The first-order valence-corrected chi connectivity index (χ1v) is 6.48. The summed E-state index contributed by atoms with van der Waals surface area (Å²) in [4.78, 5) is 16.6. The van der Waals surface area contributed by atoms with Crippen molar-refractivity contribution in [3.05, 3.63) is 70.9 Å². The predicted molar refractivity (Wildman–Crippen MR) is 79.2 cm³/mol. The molecule has 21 heavy (non-hydrogen) atoms. The molecule has 0 saturated carbocycles. The minimum Gasteiger partial charge on any atom is -0.290 e. The van der Waals surface area contributed by atoms with Crippen LogP contribution in [0.2, 0.25) is 0 Å². The number of aromatic nitrogens is 3. The molecule has 2 heterocycles. The zero-order valence-electron chi connectivity index (χ0n) is 10.9. The van der Waals surface area contributed by atoms with E-state index in [1.807, 2.05) is 30.3 Å². The molecule has 1 N–H and O–H groups in total. The van der Waals surface area contributed by atoms with Gasteiger partial charge in [-0.15, -0.1) is 0 Å². The van der Waals surface area contributed by atoms with E-state index in [0.29, 0.717) is 16.4 Å². The molecule has 0 aliphatic heterocycles. The average molecular weight is 279 g/mol. The van der Waals surface area contributed by atoms with Gasteiger partial charge < -0.3 is 0 Å². The normalized spacial score (nSPS) is 11.3. The summed E-state index contributed by atoms with van der Waals surface area (Å²) < 4.78 is 14.7. The fraction of sp³-hybridized carbons (Fsp3) is 0. The number of aromatic amines is 1. The Kier molecular flexibility index (Phi) is 2.41. The van der Waals surface area contributed by atoms with Gasteiger partial charge in [0.15, 0.2) is 0 Å². The molecule has 2 aromatic carbocycles. The van der Waals surface area contributed by atoms with Crippen LogP contribution in [-0.2, 0) is 0 Å². The van der Waals surface area contributed by atoms with Crippen LogP contribution in [0.3, 0.4) is 0 Å². The molecular formula is C16H10FN3O. The Hall–Kier alpha value is -2.95. The second kappa shape index (κ2) is 4.28. The van der Waals surface area contributed by atoms with Crippen molar-refractivity contribution in [2.45, 2.75) is 0 Å². The van der Waals surface area contributed by atoms with Gasteiger partial charge in [-0.1, -0.05) is 18.2 Å². The van der Waals surface area contributed by atoms with Crippen LogP contribution >= 0.6 is 0 Å². The SMILES string of the molecule is O=c1c2cnc3cc(F)ccc3c2[nH]n1-c1ccccc1. The van der Waals surface area contributed by atoms with E-state index in [0.717, 1.165) is 11.1 Å². The van der Waals surface area contributed by atoms with Gasteiger partial charge >= 0.3 is 0 Å². The molecule has 0 radical (unpaired) electrons. The highest BCUT2D eigenvalue weighted by atomic mass is 19.1. The maximum absolute atomic E-state index is 13.3. The van der Waals surface area contributed by atoms with Crippen molar-refractivity contribution >= 4 is 21.8 Å². The number of nitrogens with one attached hydrogen (secondary N) is 1. The number of fused-ring (bicyclic) bond motifs is 3. The van der Waals surface area contributed by atoms with E-state index in [2.05, 4.69) is 10.1 Å². The maximum Gasteiger partial charge on any atom is 0.280 e. The quantitative estimate of drug-likeness (QED) is 0.582. The third kappa shape index (κ3) is 1.74. The lowest BCUT2D eigenvalue weighted by Gasteiger charge is -2.00. The molecule has 0 saturated heterocycles. The third-order valence-electron chi connectivity index (χ3n) is 3.50. The fourth-order valence-electron chi connectivity index (χ4n) is 2.49. The summed E-state index contributed by atoms with van der Waals surface area (Å²) in [6, 6.07) is 13.6. The summed E-state index contributed by atoms with van der Waals surface area (Å²) in [5.74, 6) is -0.348. The zero-order valence-corrected chi connectivity index (χ0v) is 10.9. The number of hydrogen-bond acceptors (Lipinski definition) is 2. The van der Waals surface area contributed by atoms with Crippen LogP contribution in [0.15, 0.2) is 59.5 Å². The van der Waals surface area contributed by atoms with E-state index >= 15 is 0 Å². The average Bonchev–Trinajstić information content (AvgIpc) is 2.85. The van der Waals surface area contributed by atoms with Crippen LogP contribution < -0.4 is 5.56 Å². The van der Waals surface area contributed by atoms with E-state index in [-0.39, 0.29) is 11.4 Å². The molecule has 102 valence electrons. The van der Waals surface area contributed by atoms with E-state index in [4.69, 9.17) is 0 Å². The molecule has 0 unspecified atom stereocenters. The lowest BCUT2D eigenvalue weighted by Crippen LogP contribution is -2.13. The van der Waals surface area contributed by atoms with Gasteiger partial charge in [0.1, 0.15) is 5.82 Å². The van der Waals surface area contributed by atoms with Crippen molar-refractivity contribution in [2.75, 3.05) is 0 Å². The molecule has 4 aromatic rings. The van der Waals surface area contributed by atoms with Gasteiger partial charge in [0.05, 0.1) is 22.1 Å². The van der Waals surface area contributed by atoms with Crippen LogP contribution in [0.1, 0.15) is 0 Å². The van der Waals surface area contributed by atoms with Gasteiger partial charge in [0, 0.05) is 17.6 Å². The van der Waals surface area contributed by atoms with Crippen LogP contribution in [0.5, 0.6) is 0 Å². The number of hydrogen-bond donors (Lipinski definition) is 1. The Balaban J connectivity index is 2.11. The van der Waals surface area contributed by atoms with Gasteiger partial charge in [-0.25, -0.2) is 9.07 Å². The Bertz CT molecular complexity index is 1020. The number of pyridine rings is 1. The summed E-state index contributed by atoms with van der Waals surface area (Å²) in [6.07, 6.45) is 1.48. The smallest absolute Gasteiger partial charge is 0.280 e. The summed E-state index contributed by atoms with van der Waals surface area (Å²) in [5, 5.41) is 4.29. The van der Waals surface area contributed by atoms with Crippen molar-refractivity contribution in [3.63, 3.8) is 0 Å². The lowest BCUT2D eigenvalue weighted by atomic mass is 10.2. The molecule has 0 amide bonds. The number of rotatable bonds is 1. The molecule has 2 aromatic heterocycles. The van der Waals surface area contributed by atoms with E-state index in [1.54, 1.807) is 6.07 Å².